The molecule has 1 aromatic carbocycles. The van der Waals surface area contributed by atoms with Gasteiger partial charge in [-0.1, -0.05) is 41.9 Å². The molecule has 0 amide bonds. The minimum atomic E-state index is -0.675. The summed E-state index contributed by atoms with van der Waals surface area (Å²) in [5.74, 6) is -0.263. The summed E-state index contributed by atoms with van der Waals surface area (Å²) < 4.78 is 13.9. The Labute approximate surface area is 132 Å². The van der Waals surface area contributed by atoms with Crippen LogP contribution in [0.4, 0.5) is 4.39 Å². The maximum atomic E-state index is 13.9. The second-order valence-corrected chi connectivity index (χ2v) is 5.11. The quantitative estimate of drug-likeness (QED) is 0.599. The molecule has 0 saturated carbocycles. The summed E-state index contributed by atoms with van der Waals surface area (Å²) in [5, 5.41) is 0. The first-order chi connectivity index (χ1) is 10.0. The molecule has 1 heterocycles. The van der Waals surface area contributed by atoms with E-state index < -0.39 is 10.6 Å². The van der Waals surface area contributed by atoms with Gasteiger partial charge in [0.1, 0.15) is 16.5 Å². The summed E-state index contributed by atoms with van der Waals surface area (Å²) in [5.41, 5.74) is 1.04. The maximum Gasteiger partial charge on any atom is 0.185 e. The fourth-order valence-electron chi connectivity index (χ4n) is 1.72. The van der Waals surface area contributed by atoms with Crippen LogP contribution in [0.15, 0.2) is 30.5 Å². The minimum absolute atomic E-state index is 0.0677. The largest absolute Gasteiger partial charge is 0.292 e. The van der Waals surface area contributed by atoms with Crippen LogP contribution < -0.4 is 0 Å². The van der Waals surface area contributed by atoms with E-state index >= 15 is 0 Å². The third-order valence-electron chi connectivity index (χ3n) is 2.74. The Bertz CT molecular complexity index is 631. The van der Waals surface area contributed by atoms with Gasteiger partial charge in [-0.25, -0.2) is 14.4 Å². The molecule has 0 spiro atoms. The van der Waals surface area contributed by atoms with E-state index in [-0.39, 0.29) is 11.3 Å². The molecule has 3 nitrogen and oxygen atoms in total. The summed E-state index contributed by atoms with van der Waals surface area (Å²) in [6, 6.07) is 6.41. The monoisotopic (exact) mass is 352 g/mol. The van der Waals surface area contributed by atoms with Gasteiger partial charge in [-0.05, 0) is 31.5 Å². The van der Waals surface area contributed by atoms with Crippen molar-refractivity contribution in [2.75, 3.05) is 0 Å². The molecular weight excluding hydrogens is 335 g/mol. The Morgan fingerprint density at radius 2 is 1.90 bits per heavy atom. The van der Waals surface area contributed by atoms with Crippen LogP contribution in [-0.2, 0) is 0 Å². The Hall–Kier alpha value is -1.62. The molecule has 21 heavy (non-hydrogen) atoms. The number of hydrogen-bond acceptors (Lipinski definition) is 3. The molecule has 0 saturated heterocycles. The zero-order valence-electron chi connectivity index (χ0n) is 12.5. The average Bonchev–Trinajstić information content (AvgIpc) is 2.50. The van der Waals surface area contributed by atoms with Crippen LogP contribution >= 0.6 is 15.9 Å². The fourth-order valence-corrected chi connectivity index (χ4v) is 2.23. The number of carbonyl (C=O) groups excluding carboxylic acids is 1. The van der Waals surface area contributed by atoms with Gasteiger partial charge in [-0.3, -0.25) is 4.79 Å². The smallest absolute Gasteiger partial charge is 0.185 e. The van der Waals surface area contributed by atoms with Gasteiger partial charge < -0.3 is 0 Å². The summed E-state index contributed by atoms with van der Waals surface area (Å²) in [7, 11) is 0. The molecule has 5 heteroatoms. The van der Waals surface area contributed by atoms with Gasteiger partial charge >= 0.3 is 0 Å². The molecule has 0 aliphatic rings. The first-order valence-corrected chi connectivity index (χ1v) is 7.65. The molecule has 0 bridgehead atoms. The van der Waals surface area contributed by atoms with E-state index in [1.54, 1.807) is 38.2 Å². The summed E-state index contributed by atoms with van der Waals surface area (Å²) in [4.78, 5) is 19.7. The highest BCUT2D eigenvalue weighted by Crippen LogP contribution is 2.27. The number of aromatic nitrogens is 2. The van der Waals surface area contributed by atoms with E-state index in [0.717, 1.165) is 0 Å². The van der Waals surface area contributed by atoms with Gasteiger partial charge in [-0.2, -0.15) is 0 Å². The topological polar surface area (TPSA) is 42.9 Å². The summed E-state index contributed by atoms with van der Waals surface area (Å²) in [6.07, 6.45) is 1.58. The number of Topliss-reactive ketones (excluding diaryl/α,β-unsaturated/α-hetero) is 1. The van der Waals surface area contributed by atoms with Crippen molar-refractivity contribution in [2.45, 2.75) is 32.5 Å². The number of halogens is 2. The van der Waals surface area contributed by atoms with E-state index in [9.17, 15) is 9.18 Å². The van der Waals surface area contributed by atoms with Crippen molar-refractivity contribution in [1.82, 2.24) is 9.97 Å². The van der Waals surface area contributed by atoms with Crippen molar-refractivity contribution in [3.8, 4) is 0 Å². The van der Waals surface area contributed by atoms with Crippen LogP contribution in [0.2, 0.25) is 0 Å². The molecule has 1 aromatic heterocycles. The molecule has 1 unspecified atom stereocenters. The number of benzene rings is 1. The van der Waals surface area contributed by atoms with Crippen LogP contribution in [-0.4, -0.2) is 15.8 Å². The highest BCUT2D eigenvalue weighted by Gasteiger charge is 2.23. The highest BCUT2D eigenvalue weighted by atomic mass is 79.9. The Balaban J connectivity index is 0.00000106. The van der Waals surface area contributed by atoms with Crippen molar-refractivity contribution in [2.24, 2.45) is 0 Å². The Morgan fingerprint density at radius 3 is 2.52 bits per heavy atom. The van der Waals surface area contributed by atoms with Crippen LogP contribution in [0.5, 0.6) is 0 Å². The van der Waals surface area contributed by atoms with Crippen LogP contribution in [0, 0.1) is 19.7 Å². The normalized spacial score (nSPS) is 11.3. The second-order valence-electron chi connectivity index (χ2n) is 4.19. The molecule has 0 fully saturated rings. The molecule has 2 rings (SSSR count). The number of aryl methyl sites for hydroxylation is 2. The molecule has 112 valence electrons. The van der Waals surface area contributed by atoms with Gasteiger partial charge in [0.25, 0.3) is 0 Å². The van der Waals surface area contributed by atoms with Crippen molar-refractivity contribution in [3.05, 3.63) is 58.9 Å². The third kappa shape index (κ3) is 4.17. The number of rotatable bonds is 3. The van der Waals surface area contributed by atoms with Crippen LogP contribution in [0.3, 0.4) is 0 Å². The summed E-state index contributed by atoms with van der Waals surface area (Å²) in [6.45, 7) is 7.37. The zero-order chi connectivity index (χ0) is 16.0. The van der Waals surface area contributed by atoms with Gasteiger partial charge in [0.2, 0.25) is 0 Å². The number of hydrogen-bond donors (Lipinski definition) is 0. The van der Waals surface area contributed by atoms with Crippen molar-refractivity contribution in [1.29, 1.82) is 0 Å². The molecule has 0 aliphatic carbocycles. The molecule has 0 N–H and O–H groups in total. The zero-order valence-corrected chi connectivity index (χ0v) is 14.1. The van der Waals surface area contributed by atoms with E-state index in [0.29, 0.717) is 17.1 Å². The third-order valence-corrected chi connectivity index (χ3v) is 3.63. The fraction of sp³-hybridized carbons (Fsp3) is 0.312. The average molecular weight is 353 g/mol. The van der Waals surface area contributed by atoms with Crippen LogP contribution in [0.25, 0.3) is 0 Å². The number of ketones is 1. The van der Waals surface area contributed by atoms with E-state index in [2.05, 4.69) is 25.9 Å². The Morgan fingerprint density at radius 1 is 1.24 bits per heavy atom. The van der Waals surface area contributed by atoms with Gasteiger partial charge in [0.05, 0.1) is 11.3 Å². The first kappa shape index (κ1) is 17.4. The van der Waals surface area contributed by atoms with E-state index in [4.69, 9.17) is 0 Å². The van der Waals surface area contributed by atoms with E-state index in [1.165, 1.54) is 6.07 Å². The lowest BCUT2D eigenvalue weighted by Gasteiger charge is -2.10. The number of alkyl halides is 1. The van der Waals surface area contributed by atoms with Gasteiger partial charge in [0.15, 0.2) is 5.78 Å². The predicted octanol–water partition coefficient (Wildman–Crippen LogP) is 4.58. The lowest BCUT2D eigenvalue weighted by Crippen LogP contribution is -2.12. The number of nitrogens with zero attached hydrogens (tertiary/aromatic N) is 2. The maximum absolute atomic E-state index is 13.9. The summed E-state index contributed by atoms with van der Waals surface area (Å²) >= 11 is 3.27. The SMILES string of the molecule is CC.Cc1nccc(C(Br)C(=O)c2cccc(C)c2F)n1. The van der Waals surface area contributed by atoms with Crippen molar-refractivity contribution < 1.29 is 9.18 Å². The van der Waals surface area contributed by atoms with Gasteiger partial charge in [-0.15, -0.1) is 0 Å². The molecule has 0 radical (unpaired) electrons. The molecule has 0 aliphatic heterocycles. The predicted molar refractivity (Wildman–Crippen MR) is 85.3 cm³/mol. The number of carbonyl (C=O) groups is 1. The minimum Gasteiger partial charge on any atom is -0.292 e. The molecule has 1 atom stereocenters. The van der Waals surface area contributed by atoms with E-state index in [1.807, 2.05) is 13.8 Å². The molecule has 2 aromatic rings. The van der Waals surface area contributed by atoms with Gasteiger partial charge in [0, 0.05) is 6.20 Å². The van der Waals surface area contributed by atoms with Crippen molar-refractivity contribution >= 4 is 21.7 Å². The Kier molecular flexibility index (Phi) is 6.62. The standard InChI is InChI=1S/C14H12BrFN2O.C2H6/c1-8-4-3-5-10(13(8)16)14(19)12(15)11-6-7-17-9(2)18-11;1-2/h3-7,12H,1-2H3;1-2H3. The molecular formula is C16H18BrFN2O. The lowest BCUT2D eigenvalue weighted by molar-refractivity contribution is 0.0986. The second kappa shape index (κ2) is 7.98. The highest BCUT2D eigenvalue weighted by molar-refractivity contribution is 9.09. The van der Waals surface area contributed by atoms with Crippen LogP contribution in [0.1, 0.15) is 46.1 Å². The van der Waals surface area contributed by atoms with Crippen molar-refractivity contribution in [3.63, 3.8) is 0 Å². The first-order valence-electron chi connectivity index (χ1n) is 6.73. The lowest BCUT2D eigenvalue weighted by atomic mass is 10.0.